The van der Waals surface area contributed by atoms with Gasteiger partial charge in [0, 0.05) is 0 Å². The average Bonchev–Trinajstić information content (AvgIpc) is 2.59. The average molecular weight is 250 g/mol. The van der Waals surface area contributed by atoms with Crippen LogP contribution in [0.2, 0.25) is 0 Å². The van der Waals surface area contributed by atoms with E-state index in [1.807, 2.05) is 0 Å². The number of carboxylic acid groups (broad SMARTS) is 1. The van der Waals surface area contributed by atoms with Gasteiger partial charge in [-0.15, -0.1) is 0 Å². The van der Waals surface area contributed by atoms with E-state index >= 15 is 0 Å². The molecule has 18 heavy (non-hydrogen) atoms. The van der Waals surface area contributed by atoms with Crippen LogP contribution in [0.15, 0.2) is 24.3 Å². The quantitative estimate of drug-likeness (QED) is 0.829. The molecule has 2 nitrogen and oxygen atoms in total. The lowest BCUT2D eigenvalue weighted by atomic mass is 9.75. The molecule has 1 aromatic rings. The standard InChI is InChI=1S/C15H19FO2/c16-13-8-4-3-7-12(13)11-15(14(17)18)9-5-1-2-6-10-15/h3-4,7-8H,1-2,5-6,9-11H2,(H,17,18). The van der Waals surface area contributed by atoms with E-state index in [0.29, 0.717) is 24.8 Å². The van der Waals surface area contributed by atoms with E-state index in [-0.39, 0.29) is 5.82 Å². The summed E-state index contributed by atoms with van der Waals surface area (Å²) in [5.74, 6) is -1.06. The number of rotatable bonds is 3. The summed E-state index contributed by atoms with van der Waals surface area (Å²) in [6.45, 7) is 0. The molecule has 0 radical (unpaired) electrons. The van der Waals surface area contributed by atoms with E-state index in [1.165, 1.54) is 6.07 Å². The van der Waals surface area contributed by atoms with Crippen LogP contribution >= 0.6 is 0 Å². The molecule has 0 atom stereocenters. The summed E-state index contributed by atoms with van der Waals surface area (Å²) >= 11 is 0. The minimum Gasteiger partial charge on any atom is -0.481 e. The van der Waals surface area contributed by atoms with E-state index < -0.39 is 11.4 Å². The van der Waals surface area contributed by atoms with E-state index in [4.69, 9.17) is 0 Å². The van der Waals surface area contributed by atoms with E-state index in [1.54, 1.807) is 18.2 Å². The van der Waals surface area contributed by atoms with Gasteiger partial charge in [0.1, 0.15) is 5.82 Å². The molecule has 0 unspecified atom stereocenters. The van der Waals surface area contributed by atoms with E-state index in [9.17, 15) is 14.3 Å². The topological polar surface area (TPSA) is 37.3 Å². The largest absolute Gasteiger partial charge is 0.481 e. The number of hydrogen-bond donors (Lipinski definition) is 1. The predicted octanol–water partition coefficient (Wildman–Crippen LogP) is 3.79. The lowest BCUT2D eigenvalue weighted by molar-refractivity contribution is -0.149. The van der Waals surface area contributed by atoms with E-state index in [2.05, 4.69) is 0 Å². The molecule has 0 saturated heterocycles. The third-order valence-electron chi connectivity index (χ3n) is 4.00. The van der Waals surface area contributed by atoms with Gasteiger partial charge in [0.2, 0.25) is 0 Å². The molecular weight excluding hydrogens is 231 g/mol. The fourth-order valence-corrected chi connectivity index (χ4v) is 2.88. The Morgan fingerprint density at radius 2 is 1.78 bits per heavy atom. The monoisotopic (exact) mass is 250 g/mol. The highest BCUT2D eigenvalue weighted by Gasteiger charge is 2.39. The maximum absolute atomic E-state index is 13.7. The van der Waals surface area contributed by atoms with Gasteiger partial charge < -0.3 is 5.11 Å². The van der Waals surface area contributed by atoms with Gasteiger partial charge in [0.05, 0.1) is 5.41 Å². The summed E-state index contributed by atoms with van der Waals surface area (Å²) < 4.78 is 13.7. The van der Waals surface area contributed by atoms with Crippen LogP contribution < -0.4 is 0 Å². The first-order valence-corrected chi connectivity index (χ1v) is 6.61. The summed E-state index contributed by atoms with van der Waals surface area (Å²) in [4.78, 5) is 11.6. The van der Waals surface area contributed by atoms with Crippen LogP contribution in [0, 0.1) is 11.2 Å². The number of benzene rings is 1. The van der Waals surface area contributed by atoms with Gasteiger partial charge in [0.15, 0.2) is 0 Å². The van der Waals surface area contributed by atoms with Gasteiger partial charge in [-0.2, -0.15) is 0 Å². The van der Waals surface area contributed by atoms with Crippen molar-refractivity contribution in [1.29, 1.82) is 0 Å². The van der Waals surface area contributed by atoms with Crippen LogP contribution in [0.1, 0.15) is 44.1 Å². The first-order chi connectivity index (χ1) is 8.64. The molecule has 1 aliphatic carbocycles. The summed E-state index contributed by atoms with van der Waals surface area (Å²) in [5.41, 5.74) is -0.236. The van der Waals surface area contributed by atoms with Crippen molar-refractivity contribution in [2.45, 2.75) is 44.9 Å². The van der Waals surface area contributed by atoms with Crippen LogP contribution in [-0.2, 0) is 11.2 Å². The van der Waals surface area contributed by atoms with Crippen molar-refractivity contribution in [3.63, 3.8) is 0 Å². The van der Waals surface area contributed by atoms with Gasteiger partial charge >= 0.3 is 5.97 Å². The van der Waals surface area contributed by atoms with Crippen molar-refractivity contribution in [2.24, 2.45) is 5.41 Å². The summed E-state index contributed by atoms with van der Waals surface area (Å²) in [7, 11) is 0. The third-order valence-corrected chi connectivity index (χ3v) is 4.00. The first kappa shape index (κ1) is 13.1. The Hall–Kier alpha value is -1.38. The highest BCUT2D eigenvalue weighted by atomic mass is 19.1. The summed E-state index contributed by atoms with van der Waals surface area (Å²) in [5, 5.41) is 9.54. The Labute approximate surface area is 107 Å². The fourth-order valence-electron chi connectivity index (χ4n) is 2.88. The van der Waals surface area contributed by atoms with Crippen LogP contribution in [0.5, 0.6) is 0 Å². The molecule has 3 heteroatoms. The Bertz CT molecular complexity index is 420. The zero-order chi connectivity index (χ0) is 13.0. The fraction of sp³-hybridized carbons (Fsp3) is 0.533. The van der Waals surface area contributed by atoms with Crippen molar-refractivity contribution >= 4 is 5.97 Å². The molecule has 0 spiro atoms. The Kier molecular flexibility index (Phi) is 4.00. The zero-order valence-electron chi connectivity index (χ0n) is 10.5. The van der Waals surface area contributed by atoms with Crippen molar-refractivity contribution in [2.75, 3.05) is 0 Å². The molecule has 0 bridgehead atoms. The lowest BCUT2D eigenvalue weighted by Crippen LogP contribution is -2.33. The highest BCUT2D eigenvalue weighted by molar-refractivity contribution is 5.75. The van der Waals surface area contributed by atoms with Crippen molar-refractivity contribution in [3.8, 4) is 0 Å². The van der Waals surface area contributed by atoms with Crippen molar-refractivity contribution < 1.29 is 14.3 Å². The van der Waals surface area contributed by atoms with E-state index in [0.717, 1.165) is 25.7 Å². The molecule has 0 amide bonds. The number of halogens is 1. The molecule has 98 valence electrons. The molecule has 0 aliphatic heterocycles. The van der Waals surface area contributed by atoms with Crippen LogP contribution in [0.25, 0.3) is 0 Å². The van der Waals surface area contributed by atoms with Crippen LogP contribution in [-0.4, -0.2) is 11.1 Å². The minimum absolute atomic E-state index is 0.289. The number of aliphatic carboxylic acids is 1. The molecular formula is C15H19FO2. The lowest BCUT2D eigenvalue weighted by Gasteiger charge is -2.28. The SMILES string of the molecule is O=C(O)C1(Cc2ccccc2F)CCCCCC1. The second-order valence-electron chi connectivity index (χ2n) is 5.27. The minimum atomic E-state index is -0.771. The molecule has 2 rings (SSSR count). The Balaban J connectivity index is 2.25. The normalized spacial score (nSPS) is 19.2. The van der Waals surface area contributed by atoms with Crippen molar-refractivity contribution in [3.05, 3.63) is 35.6 Å². The van der Waals surface area contributed by atoms with Gasteiger partial charge in [-0.3, -0.25) is 4.79 Å². The van der Waals surface area contributed by atoms with Crippen molar-refractivity contribution in [1.82, 2.24) is 0 Å². The van der Waals surface area contributed by atoms with Gasteiger partial charge in [-0.1, -0.05) is 43.9 Å². The summed E-state index contributed by atoms with van der Waals surface area (Å²) in [6, 6.07) is 6.51. The number of carboxylic acids is 1. The second kappa shape index (κ2) is 5.51. The molecule has 0 aromatic heterocycles. The van der Waals surface area contributed by atoms with Crippen LogP contribution in [0.4, 0.5) is 4.39 Å². The van der Waals surface area contributed by atoms with Crippen LogP contribution in [0.3, 0.4) is 0 Å². The molecule has 1 aliphatic rings. The third kappa shape index (κ3) is 2.71. The van der Waals surface area contributed by atoms with Gasteiger partial charge in [-0.25, -0.2) is 4.39 Å². The Morgan fingerprint density at radius 1 is 1.17 bits per heavy atom. The van der Waals surface area contributed by atoms with Gasteiger partial charge in [-0.05, 0) is 30.9 Å². The Morgan fingerprint density at radius 3 is 2.33 bits per heavy atom. The number of carbonyl (C=O) groups is 1. The molecule has 1 N–H and O–H groups in total. The smallest absolute Gasteiger partial charge is 0.309 e. The molecule has 0 heterocycles. The van der Waals surface area contributed by atoms with Gasteiger partial charge in [0.25, 0.3) is 0 Å². The second-order valence-corrected chi connectivity index (χ2v) is 5.27. The molecule has 1 fully saturated rings. The highest BCUT2D eigenvalue weighted by Crippen LogP contribution is 2.38. The number of hydrogen-bond acceptors (Lipinski definition) is 1. The maximum Gasteiger partial charge on any atom is 0.309 e. The zero-order valence-corrected chi connectivity index (χ0v) is 10.5. The molecule has 1 saturated carbocycles. The summed E-state index contributed by atoms with van der Waals surface area (Å²) in [6.07, 6.45) is 5.68. The first-order valence-electron chi connectivity index (χ1n) is 6.61. The predicted molar refractivity (Wildman–Crippen MR) is 67.9 cm³/mol. The molecule has 1 aromatic carbocycles. The maximum atomic E-state index is 13.7.